The molecule has 1 aliphatic rings. The van der Waals surface area contributed by atoms with E-state index in [-0.39, 0.29) is 12.4 Å². The highest BCUT2D eigenvalue weighted by Crippen LogP contribution is 2.39. The lowest BCUT2D eigenvalue weighted by Gasteiger charge is -2.15. The zero-order chi connectivity index (χ0) is 10.9. The molecule has 1 rings (SSSR count). The molecule has 1 N–H and O–H groups in total. The third-order valence-corrected chi connectivity index (χ3v) is 2.50. The highest BCUT2D eigenvalue weighted by Gasteiger charge is 2.46. The van der Waals surface area contributed by atoms with Gasteiger partial charge in [-0.25, -0.2) is 0 Å². The van der Waals surface area contributed by atoms with Crippen molar-refractivity contribution in [3.63, 3.8) is 0 Å². The van der Waals surface area contributed by atoms with Crippen LogP contribution in [0.2, 0.25) is 0 Å². The van der Waals surface area contributed by atoms with E-state index < -0.39 is 17.5 Å². The van der Waals surface area contributed by atoms with Crippen LogP contribution in [-0.2, 0) is 14.3 Å². The number of ether oxygens (including phenoxy) is 1. The first-order valence-corrected chi connectivity index (χ1v) is 4.49. The first-order valence-electron chi connectivity index (χ1n) is 4.49. The number of cyclic esters (lactones) is 1. The maximum atomic E-state index is 11.4. The first-order chi connectivity index (χ1) is 6.39. The fraction of sp³-hybridized carbons (Fsp3) is 0.600. The molecule has 0 radical (unpaired) electrons. The van der Waals surface area contributed by atoms with E-state index in [4.69, 9.17) is 9.84 Å². The predicted octanol–water partition coefficient (Wildman–Crippen LogP) is 1.36. The van der Waals surface area contributed by atoms with Crippen LogP contribution in [0.15, 0.2) is 11.6 Å². The Balaban J connectivity index is 2.93. The number of hydrogen-bond donors (Lipinski definition) is 1. The molecule has 1 fully saturated rings. The third-order valence-electron chi connectivity index (χ3n) is 2.50. The standard InChI is InChI=1S/C10H14O4/c1-4-6-7(5-8(11)12)14-9(13)10(6,2)3/h4,7H,5H2,1-3H3,(H,11,12)/b6-4-/t7-/m0/s1. The molecule has 0 aromatic rings. The second-order valence-corrected chi connectivity index (χ2v) is 3.86. The normalized spacial score (nSPS) is 27.8. The molecular formula is C10H14O4. The fourth-order valence-corrected chi connectivity index (χ4v) is 1.72. The van der Waals surface area contributed by atoms with Crippen molar-refractivity contribution in [2.45, 2.75) is 33.3 Å². The summed E-state index contributed by atoms with van der Waals surface area (Å²) in [5.41, 5.74) is 0.0689. The van der Waals surface area contributed by atoms with Gasteiger partial charge >= 0.3 is 11.9 Å². The summed E-state index contributed by atoms with van der Waals surface area (Å²) in [7, 11) is 0. The number of carboxylic acid groups (broad SMARTS) is 1. The average Bonchev–Trinajstić information content (AvgIpc) is 2.21. The molecule has 0 spiro atoms. The SMILES string of the molecule is C/C=C1/[C@H](CC(=O)O)OC(=O)C1(C)C. The van der Waals surface area contributed by atoms with Gasteiger partial charge in [0, 0.05) is 0 Å². The topological polar surface area (TPSA) is 63.6 Å². The molecule has 1 heterocycles. The zero-order valence-electron chi connectivity index (χ0n) is 8.53. The van der Waals surface area contributed by atoms with Gasteiger partial charge < -0.3 is 9.84 Å². The zero-order valence-corrected chi connectivity index (χ0v) is 8.53. The number of carboxylic acids is 1. The Kier molecular flexibility index (Phi) is 2.64. The maximum Gasteiger partial charge on any atom is 0.316 e. The Hall–Kier alpha value is -1.32. The molecule has 0 saturated carbocycles. The van der Waals surface area contributed by atoms with E-state index in [2.05, 4.69) is 0 Å². The summed E-state index contributed by atoms with van der Waals surface area (Å²) < 4.78 is 5.00. The first kappa shape index (κ1) is 10.8. The number of allylic oxidation sites excluding steroid dienone is 1. The molecule has 0 bridgehead atoms. The van der Waals surface area contributed by atoms with Crippen LogP contribution in [0.3, 0.4) is 0 Å². The van der Waals surface area contributed by atoms with Crippen LogP contribution in [0.25, 0.3) is 0 Å². The highest BCUT2D eigenvalue weighted by atomic mass is 16.6. The Morgan fingerprint density at radius 1 is 1.64 bits per heavy atom. The fourth-order valence-electron chi connectivity index (χ4n) is 1.72. The largest absolute Gasteiger partial charge is 0.481 e. The van der Waals surface area contributed by atoms with Crippen LogP contribution in [-0.4, -0.2) is 23.1 Å². The van der Waals surface area contributed by atoms with Gasteiger partial charge in [0.25, 0.3) is 0 Å². The van der Waals surface area contributed by atoms with Crippen molar-refractivity contribution < 1.29 is 19.4 Å². The summed E-state index contributed by atoms with van der Waals surface area (Å²) in [6, 6.07) is 0. The summed E-state index contributed by atoms with van der Waals surface area (Å²) in [6.45, 7) is 5.27. The molecule has 0 unspecified atom stereocenters. The molecule has 0 aromatic heterocycles. The van der Waals surface area contributed by atoms with E-state index in [1.165, 1.54) is 0 Å². The minimum absolute atomic E-state index is 0.158. The molecule has 14 heavy (non-hydrogen) atoms. The summed E-state index contributed by atoms with van der Waals surface area (Å²) >= 11 is 0. The molecule has 4 nitrogen and oxygen atoms in total. The minimum atomic E-state index is -0.958. The molecule has 0 amide bonds. The van der Waals surface area contributed by atoms with E-state index in [9.17, 15) is 9.59 Å². The van der Waals surface area contributed by atoms with Gasteiger partial charge in [0.2, 0.25) is 0 Å². The van der Waals surface area contributed by atoms with Gasteiger partial charge in [-0.05, 0) is 26.3 Å². The average molecular weight is 198 g/mol. The van der Waals surface area contributed by atoms with Crippen molar-refractivity contribution >= 4 is 11.9 Å². The molecule has 1 atom stereocenters. The number of esters is 1. The lowest BCUT2D eigenvalue weighted by atomic mass is 9.83. The van der Waals surface area contributed by atoms with Crippen molar-refractivity contribution in [1.82, 2.24) is 0 Å². The maximum absolute atomic E-state index is 11.4. The van der Waals surface area contributed by atoms with E-state index in [0.717, 1.165) is 5.57 Å². The lowest BCUT2D eigenvalue weighted by molar-refractivity contribution is -0.149. The Bertz CT molecular complexity index is 301. The van der Waals surface area contributed by atoms with Crippen LogP contribution in [0, 0.1) is 5.41 Å². The van der Waals surface area contributed by atoms with E-state index in [1.54, 1.807) is 26.8 Å². The lowest BCUT2D eigenvalue weighted by Crippen LogP contribution is -2.20. The smallest absolute Gasteiger partial charge is 0.316 e. The molecule has 0 aromatic carbocycles. The van der Waals surface area contributed by atoms with Gasteiger partial charge in [0.15, 0.2) is 0 Å². The van der Waals surface area contributed by atoms with Crippen LogP contribution in [0.5, 0.6) is 0 Å². The molecule has 78 valence electrons. The number of hydrogen-bond acceptors (Lipinski definition) is 3. The van der Waals surface area contributed by atoms with E-state index >= 15 is 0 Å². The van der Waals surface area contributed by atoms with Crippen molar-refractivity contribution in [2.75, 3.05) is 0 Å². The monoisotopic (exact) mass is 198 g/mol. The summed E-state index contributed by atoms with van der Waals surface area (Å²) in [6.07, 6.45) is 1.01. The Morgan fingerprint density at radius 2 is 2.21 bits per heavy atom. The van der Waals surface area contributed by atoms with Gasteiger partial charge in [-0.1, -0.05) is 6.08 Å². The van der Waals surface area contributed by atoms with Crippen molar-refractivity contribution in [3.05, 3.63) is 11.6 Å². The van der Waals surface area contributed by atoms with Gasteiger partial charge in [-0.15, -0.1) is 0 Å². The second kappa shape index (κ2) is 3.44. The van der Waals surface area contributed by atoms with E-state index in [1.807, 2.05) is 0 Å². The predicted molar refractivity (Wildman–Crippen MR) is 49.7 cm³/mol. The Morgan fingerprint density at radius 3 is 2.64 bits per heavy atom. The van der Waals surface area contributed by atoms with Gasteiger partial charge in [-0.3, -0.25) is 9.59 Å². The molecule has 1 aliphatic heterocycles. The number of carbonyl (C=O) groups excluding carboxylic acids is 1. The second-order valence-electron chi connectivity index (χ2n) is 3.86. The van der Waals surface area contributed by atoms with Crippen molar-refractivity contribution in [1.29, 1.82) is 0 Å². The summed E-state index contributed by atoms with van der Waals surface area (Å²) in [5, 5.41) is 8.63. The Labute approximate surface area is 82.6 Å². The van der Waals surface area contributed by atoms with Crippen LogP contribution >= 0.6 is 0 Å². The molecule has 4 heteroatoms. The van der Waals surface area contributed by atoms with Crippen LogP contribution in [0.1, 0.15) is 27.2 Å². The van der Waals surface area contributed by atoms with Crippen LogP contribution < -0.4 is 0 Å². The van der Waals surface area contributed by atoms with Crippen LogP contribution in [0.4, 0.5) is 0 Å². The summed E-state index contributed by atoms with van der Waals surface area (Å²) in [4.78, 5) is 21.9. The highest BCUT2D eigenvalue weighted by molar-refractivity contribution is 5.84. The van der Waals surface area contributed by atoms with E-state index in [0.29, 0.717) is 0 Å². The minimum Gasteiger partial charge on any atom is -0.481 e. The molecule has 1 saturated heterocycles. The summed E-state index contributed by atoms with van der Waals surface area (Å²) in [5.74, 6) is -1.31. The van der Waals surface area contributed by atoms with Gasteiger partial charge in [0.05, 0.1) is 11.8 Å². The third kappa shape index (κ3) is 1.64. The number of carbonyl (C=O) groups is 2. The quantitative estimate of drug-likeness (QED) is 0.537. The van der Waals surface area contributed by atoms with Gasteiger partial charge in [-0.2, -0.15) is 0 Å². The van der Waals surface area contributed by atoms with Crippen molar-refractivity contribution in [3.8, 4) is 0 Å². The molecule has 0 aliphatic carbocycles. The van der Waals surface area contributed by atoms with Gasteiger partial charge in [0.1, 0.15) is 6.10 Å². The number of aliphatic carboxylic acids is 1. The molecular weight excluding hydrogens is 184 g/mol. The van der Waals surface area contributed by atoms with Crippen molar-refractivity contribution in [2.24, 2.45) is 5.41 Å². The number of rotatable bonds is 2.